The number of nitrogens with one attached hydrogen (secondary N) is 2. The summed E-state index contributed by atoms with van der Waals surface area (Å²) in [6, 6.07) is 16.3. The van der Waals surface area contributed by atoms with Gasteiger partial charge in [0.1, 0.15) is 0 Å². The SMILES string of the molecule is Cc1cccc(C)c1NC(=O)CN(C)C(=O)C[NH+]1CCN(c2ccccc2)CC1. The van der Waals surface area contributed by atoms with Crippen molar-refractivity contribution in [3.8, 4) is 0 Å². The number of anilines is 2. The topological polar surface area (TPSA) is 57.1 Å². The van der Waals surface area contributed by atoms with Crippen LogP contribution in [-0.2, 0) is 9.59 Å². The Bertz CT molecular complexity index is 825. The lowest BCUT2D eigenvalue weighted by Gasteiger charge is -2.33. The van der Waals surface area contributed by atoms with Crippen molar-refractivity contribution in [2.24, 2.45) is 0 Å². The average Bonchev–Trinajstić information content (AvgIpc) is 2.72. The zero-order chi connectivity index (χ0) is 20.8. The molecule has 1 fully saturated rings. The monoisotopic (exact) mass is 395 g/mol. The normalized spacial score (nSPS) is 14.5. The lowest BCUT2D eigenvalue weighted by atomic mass is 10.1. The molecule has 0 aromatic heterocycles. The Morgan fingerprint density at radius 2 is 1.62 bits per heavy atom. The summed E-state index contributed by atoms with van der Waals surface area (Å²) in [5.74, 6) is -0.160. The fourth-order valence-electron chi connectivity index (χ4n) is 3.74. The van der Waals surface area contributed by atoms with Crippen LogP contribution in [0, 0.1) is 13.8 Å². The molecule has 2 aromatic rings. The fourth-order valence-corrected chi connectivity index (χ4v) is 3.74. The van der Waals surface area contributed by atoms with Gasteiger partial charge in [-0.2, -0.15) is 0 Å². The molecule has 1 saturated heterocycles. The summed E-state index contributed by atoms with van der Waals surface area (Å²) in [5.41, 5.74) is 4.11. The van der Waals surface area contributed by atoms with Crippen molar-refractivity contribution in [1.29, 1.82) is 0 Å². The van der Waals surface area contributed by atoms with E-state index in [0.29, 0.717) is 6.54 Å². The summed E-state index contributed by atoms with van der Waals surface area (Å²) in [6.45, 7) is 8.14. The maximum absolute atomic E-state index is 12.6. The smallest absolute Gasteiger partial charge is 0.277 e. The van der Waals surface area contributed by atoms with Gasteiger partial charge in [0.25, 0.3) is 5.91 Å². The zero-order valence-corrected chi connectivity index (χ0v) is 17.6. The summed E-state index contributed by atoms with van der Waals surface area (Å²) >= 11 is 0. The highest BCUT2D eigenvalue weighted by Crippen LogP contribution is 2.19. The van der Waals surface area contributed by atoms with Crippen molar-refractivity contribution < 1.29 is 14.5 Å². The molecule has 1 heterocycles. The number of aryl methyl sites for hydroxylation is 2. The molecule has 0 bridgehead atoms. The van der Waals surface area contributed by atoms with Crippen LogP contribution in [0.1, 0.15) is 11.1 Å². The number of piperazine rings is 1. The molecule has 2 aromatic carbocycles. The van der Waals surface area contributed by atoms with Gasteiger partial charge in [-0.1, -0.05) is 36.4 Å². The molecule has 1 aliphatic heterocycles. The van der Waals surface area contributed by atoms with Crippen molar-refractivity contribution >= 4 is 23.2 Å². The van der Waals surface area contributed by atoms with Crippen molar-refractivity contribution in [1.82, 2.24) is 4.90 Å². The minimum atomic E-state index is -0.165. The first kappa shape index (κ1) is 20.9. The Kier molecular flexibility index (Phi) is 6.88. The van der Waals surface area contributed by atoms with Crippen LogP contribution in [0.3, 0.4) is 0 Å². The van der Waals surface area contributed by atoms with Crippen molar-refractivity contribution in [2.45, 2.75) is 13.8 Å². The number of quaternary nitrogens is 1. The number of likely N-dealkylation sites (N-methyl/N-ethyl adjacent to an activating group) is 1. The molecule has 6 heteroatoms. The van der Waals surface area contributed by atoms with Gasteiger partial charge in [0, 0.05) is 18.4 Å². The molecule has 0 aliphatic carbocycles. The van der Waals surface area contributed by atoms with Crippen LogP contribution in [0.4, 0.5) is 11.4 Å². The quantitative estimate of drug-likeness (QED) is 0.770. The number of carbonyl (C=O) groups excluding carboxylic acids is 2. The number of rotatable bonds is 6. The van der Waals surface area contributed by atoms with E-state index in [9.17, 15) is 9.59 Å². The Labute approximate surface area is 173 Å². The van der Waals surface area contributed by atoms with Gasteiger partial charge >= 0.3 is 0 Å². The molecule has 0 unspecified atom stereocenters. The second-order valence-electron chi connectivity index (χ2n) is 7.81. The van der Waals surface area contributed by atoms with Crippen LogP contribution in [-0.4, -0.2) is 63.0 Å². The lowest BCUT2D eigenvalue weighted by molar-refractivity contribution is -0.892. The predicted octanol–water partition coefficient (Wildman–Crippen LogP) is 1.11. The van der Waals surface area contributed by atoms with E-state index >= 15 is 0 Å². The van der Waals surface area contributed by atoms with Crippen LogP contribution < -0.4 is 15.1 Å². The van der Waals surface area contributed by atoms with E-state index in [1.807, 2.05) is 38.1 Å². The molecule has 0 atom stereocenters. The minimum absolute atomic E-state index is 0.00446. The Morgan fingerprint density at radius 3 is 2.24 bits per heavy atom. The number of carbonyl (C=O) groups is 2. The number of nitrogens with zero attached hydrogens (tertiary/aromatic N) is 2. The largest absolute Gasteiger partial charge is 0.360 e. The Hall–Kier alpha value is -2.86. The van der Waals surface area contributed by atoms with Gasteiger partial charge < -0.3 is 20.0 Å². The third-order valence-corrected chi connectivity index (χ3v) is 5.55. The Morgan fingerprint density at radius 1 is 1.00 bits per heavy atom. The first-order valence-electron chi connectivity index (χ1n) is 10.2. The highest BCUT2D eigenvalue weighted by molar-refractivity contribution is 5.95. The van der Waals surface area contributed by atoms with Crippen molar-refractivity contribution in [3.05, 3.63) is 59.7 Å². The van der Waals surface area contributed by atoms with Crippen LogP contribution in [0.15, 0.2) is 48.5 Å². The van der Waals surface area contributed by atoms with Gasteiger partial charge in [0.2, 0.25) is 5.91 Å². The van der Waals surface area contributed by atoms with E-state index < -0.39 is 0 Å². The van der Waals surface area contributed by atoms with Crippen LogP contribution in [0.5, 0.6) is 0 Å². The minimum Gasteiger partial charge on any atom is -0.360 e. The molecule has 0 spiro atoms. The molecule has 154 valence electrons. The van der Waals surface area contributed by atoms with Gasteiger partial charge in [0.05, 0.1) is 32.7 Å². The molecule has 3 rings (SSSR count). The van der Waals surface area contributed by atoms with E-state index in [-0.39, 0.29) is 18.4 Å². The number of para-hydroxylation sites is 2. The number of benzene rings is 2. The van der Waals surface area contributed by atoms with Crippen LogP contribution in [0.25, 0.3) is 0 Å². The van der Waals surface area contributed by atoms with Crippen LogP contribution >= 0.6 is 0 Å². The second kappa shape index (κ2) is 9.56. The number of hydrogen-bond donors (Lipinski definition) is 2. The van der Waals surface area contributed by atoms with Gasteiger partial charge in [-0.25, -0.2) is 0 Å². The first-order chi connectivity index (χ1) is 13.9. The third kappa shape index (κ3) is 5.57. The molecule has 2 amide bonds. The van der Waals surface area contributed by atoms with E-state index in [4.69, 9.17) is 0 Å². The molecule has 6 nitrogen and oxygen atoms in total. The van der Waals surface area contributed by atoms with Gasteiger partial charge in [-0.15, -0.1) is 0 Å². The summed E-state index contributed by atoms with van der Waals surface area (Å²) in [6.07, 6.45) is 0. The van der Waals surface area contributed by atoms with Gasteiger partial charge in [-0.05, 0) is 37.1 Å². The van der Waals surface area contributed by atoms with Gasteiger partial charge in [-0.3, -0.25) is 9.59 Å². The maximum Gasteiger partial charge on any atom is 0.277 e. The van der Waals surface area contributed by atoms with E-state index in [0.717, 1.165) is 43.0 Å². The predicted molar refractivity (Wildman–Crippen MR) is 116 cm³/mol. The van der Waals surface area contributed by atoms with E-state index in [2.05, 4.69) is 34.5 Å². The van der Waals surface area contributed by atoms with E-state index in [1.54, 1.807) is 7.05 Å². The summed E-state index contributed by atoms with van der Waals surface area (Å²) in [4.78, 5) is 30.2. The summed E-state index contributed by atoms with van der Waals surface area (Å²) < 4.78 is 0. The average molecular weight is 396 g/mol. The first-order valence-corrected chi connectivity index (χ1v) is 10.2. The highest BCUT2D eigenvalue weighted by Gasteiger charge is 2.24. The molecule has 0 radical (unpaired) electrons. The Balaban J connectivity index is 1.45. The molecule has 1 aliphatic rings. The molecule has 2 N–H and O–H groups in total. The molecular formula is C23H31N4O2+. The maximum atomic E-state index is 12.6. The van der Waals surface area contributed by atoms with E-state index in [1.165, 1.54) is 15.5 Å². The third-order valence-electron chi connectivity index (χ3n) is 5.55. The fraction of sp³-hybridized carbons (Fsp3) is 0.391. The van der Waals surface area contributed by atoms with Crippen molar-refractivity contribution in [2.75, 3.05) is 56.5 Å². The summed E-state index contributed by atoms with van der Waals surface area (Å²) in [7, 11) is 1.70. The number of hydrogen-bond acceptors (Lipinski definition) is 3. The number of amides is 2. The molecule has 0 saturated carbocycles. The van der Waals surface area contributed by atoms with Crippen LogP contribution in [0.2, 0.25) is 0 Å². The molecule has 29 heavy (non-hydrogen) atoms. The lowest BCUT2D eigenvalue weighted by Crippen LogP contribution is -3.15. The van der Waals surface area contributed by atoms with Gasteiger partial charge in [0.15, 0.2) is 6.54 Å². The second-order valence-corrected chi connectivity index (χ2v) is 7.81. The summed E-state index contributed by atoms with van der Waals surface area (Å²) in [5, 5.41) is 2.95. The standard InChI is InChI=1S/C23H30N4O2/c1-18-8-7-9-19(2)23(18)24-21(28)16-25(3)22(29)17-26-12-14-27(15-13-26)20-10-5-4-6-11-20/h4-11H,12-17H2,1-3H3,(H,24,28)/p+1. The highest BCUT2D eigenvalue weighted by atomic mass is 16.2. The zero-order valence-electron chi connectivity index (χ0n) is 17.6. The van der Waals surface area contributed by atoms with Crippen molar-refractivity contribution in [3.63, 3.8) is 0 Å². The molecular weight excluding hydrogens is 364 g/mol.